The van der Waals surface area contributed by atoms with E-state index in [1.54, 1.807) is 31.0 Å². The second-order valence-corrected chi connectivity index (χ2v) is 9.02. The highest BCUT2D eigenvalue weighted by atomic mass is 32.2. The topological polar surface area (TPSA) is 77.8 Å². The minimum absolute atomic E-state index is 0.0505. The average molecular weight is 448 g/mol. The van der Waals surface area contributed by atoms with Crippen LogP contribution in [0, 0.1) is 0 Å². The van der Waals surface area contributed by atoms with Gasteiger partial charge in [0.2, 0.25) is 0 Å². The Morgan fingerprint density at radius 3 is 2.55 bits per heavy atom. The zero-order chi connectivity index (χ0) is 23.0. The molecule has 0 bridgehead atoms. The zero-order valence-electron chi connectivity index (χ0n) is 19.2. The Morgan fingerprint density at radius 1 is 1.19 bits per heavy atom. The first-order valence-corrected chi connectivity index (χ1v) is 11.8. The Morgan fingerprint density at radius 2 is 1.94 bits per heavy atom. The first kappa shape index (κ1) is 24.9. The van der Waals surface area contributed by atoms with Crippen LogP contribution in [0.4, 0.5) is 0 Å². The molecule has 0 radical (unpaired) electrons. The maximum Gasteiger partial charge on any atom is 0.328 e. The molecule has 2 rings (SSSR count). The van der Waals surface area contributed by atoms with Crippen LogP contribution in [0.3, 0.4) is 0 Å². The highest BCUT2D eigenvalue weighted by Gasteiger charge is 2.24. The number of amides is 1. The molecule has 1 heterocycles. The zero-order valence-corrected chi connectivity index (χ0v) is 20.1. The van der Waals surface area contributed by atoms with Gasteiger partial charge in [0.05, 0.1) is 14.2 Å². The molecule has 7 heteroatoms. The molecule has 1 N–H and O–H groups in total. The van der Waals surface area contributed by atoms with E-state index in [1.165, 1.54) is 12.7 Å². The highest BCUT2D eigenvalue weighted by Crippen LogP contribution is 2.32. The Bertz CT molecular complexity index is 890. The van der Waals surface area contributed by atoms with Gasteiger partial charge in [-0.2, -0.15) is 11.8 Å². The summed E-state index contributed by atoms with van der Waals surface area (Å²) in [5.74, 6) is 1.42. The van der Waals surface area contributed by atoms with Gasteiger partial charge in [0, 0.05) is 12.0 Å². The van der Waals surface area contributed by atoms with Gasteiger partial charge >= 0.3 is 5.97 Å². The highest BCUT2D eigenvalue weighted by molar-refractivity contribution is 7.98. The maximum absolute atomic E-state index is 12.6. The normalized spacial score (nSPS) is 12.3. The number of esters is 1. The van der Waals surface area contributed by atoms with Crippen molar-refractivity contribution in [3.63, 3.8) is 0 Å². The van der Waals surface area contributed by atoms with Crippen LogP contribution in [0.5, 0.6) is 5.75 Å². The number of nitrogens with one attached hydrogen (secondary N) is 1. The fourth-order valence-electron chi connectivity index (χ4n) is 3.18. The van der Waals surface area contributed by atoms with Crippen molar-refractivity contribution in [2.24, 2.45) is 0 Å². The summed E-state index contributed by atoms with van der Waals surface area (Å²) >= 11 is 1.60. The van der Waals surface area contributed by atoms with E-state index in [1.807, 2.05) is 12.3 Å². The lowest BCUT2D eigenvalue weighted by atomic mass is 9.81. The fraction of sp³-hybridized carbons (Fsp3) is 0.500. The lowest BCUT2D eigenvalue weighted by Gasteiger charge is -2.24. The molecule has 0 fully saturated rings. The number of hydrogen-bond donors (Lipinski definition) is 1. The molecule has 1 amide bonds. The molecule has 31 heavy (non-hydrogen) atoms. The number of hydrogen-bond acceptors (Lipinski definition) is 6. The van der Waals surface area contributed by atoms with Crippen LogP contribution in [0.15, 0.2) is 34.7 Å². The summed E-state index contributed by atoms with van der Waals surface area (Å²) in [4.78, 5) is 24.6. The largest absolute Gasteiger partial charge is 0.496 e. The molecule has 1 aromatic carbocycles. The minimum Gasteiger partial charge on any atom is -0.496 e. The van der Waals surface area contributed by atoms with Gasteiger partial charge < -0.3 is 19.2 Å². The smallest absolute Gasteiger partial charge is 0.328 e. The number of rotatable bonds is 11. The van der Waals surface area contributed by atoms with Crippen LogP contribution in [0.1, 0.15) is 61.1 Å². The third-order valence-electron chi connectivity index (χ3n) is 5.60. The molecule has 0 saturated heterocycles. The van der Waals surface area contributed by atoms with Gasteiger partial charge in [-0.1, -0.05) is 32.9 Å². The van der Waals surface area contributed by atoms with E-state index in [-0.39, 0.29) is 11.2 Å². The first-order chi connectivity index (χ1) is 14.7. The third-order valence-corrected chi connectivity index (χ3v) is 6.24. The van der Waals surface area contributed by atoms with Crippen LogP contribution in [0.25, 0.3) is 0 Å². The quantitative estimate of drug-likeness (QED) is 0.508. The Balaban J connectivity index is 2.18. The monoisotopic (exact) mass is 447 g/mol. The Hall–Kier alpha value is -2.41. The van der Waals surface area contributed by atoms with Crippen molar-refractivity contribution in [2.75, 3.05) is 26.2 Å². The SMILES string of the molecule is CCC(C)(C)c1ccc(OC)c(Cc2ccc(C(=O)NC(CCSC)C(=O)OC)o2)c1. The van der Waals surface area contributed by atoms with Crippen molar-refractivity contribution < 1.29 is 23.5 Å². The molecule has 1 aromatic heterocycles. The summed E-state index contributed by atoms with van der Waals surface area (Å²) in [5, 5.41) is 2.71. The molecule has 0 spiro atoms. The van der Waals surface area contributed by atoms with Crippen LogP contribution in [-0.2, 0) is 21.4 Å². The van der Waals surface area contributed by atoms with E-state index in [0.29, 0.717) is 18.6 Å². The van der Waals surface area contributed by atoms with E-state index < -0.39 is 17.9 Å². The maximum atomic E-state index is 12.6. The van der Waals surface area contributed by atoms with E-state index in [0.717, 1.165) is 23.5 Å². The number of thioether (sulfide) groups is 1. The summed E-state index contributed by atoms with van der Waals surface area (Å²) in [6.07, 6.45) is 3.95. The number of benzene rings is 1. The molecule has 1 unspecified atom stereocenters. The third kappa shape index (κ3) is 6.53. The molecule has 2 aromatic rings. The Kier molecular flexibility index (Phi) is 9.04. The molecule has 0 aliphatic rings. The van der Waals surface area contributed by atoms with Crippen molar-refractivity contribution in [2.45, 2.75) is 51.5 Å². The number of methoxy groups -OCH3 is 2. The minimum atomic E-state index is -0.702. The lowest BCUT2D eigenvalue weighted by molar-refractivity contribution is -0.142. The summed E-state index contributed by atoms with van der Waals surface area (Å²) < 4.78 is 16.1. The molecular weight excluding hydrogens is 414 g/mol. The van der Waals surface area contributed by atoms with Gasteiger partial charge in [-0.3, -0.25) is 4.79 Å². The van der Waals surface area contributed by atoms with Crippen molar-refractivity contribution >= 4 is 23.6 Å². The van der Waals surface area contributed by atoms with Gasteiger partial charge in [-0.25, -0.2) is 4.79 Å². The number of carbonyl (C=O) groups excluding carboxylic acids is 2. The fourth-order valence-corrected chi connectivity index (χ4v) is 3.65. The molecule has 0 saturated carbocycles. The summed E-state index contributed by atoms with van der Waals surface area (Å²) in [6, 6.07) is 8.91. The van der Waals surface area contributed by atoms with E-state index in [4.69, 9.17) is 13.9 Å². The second-order valence-electron chi connectivity index (χ2n) is 8.04. The van der Waals surface area contributed by atoms with Crippen molar-refractivity contribution in [3.8, 4) is 5.75 Å². The van der Waals surface area contributed by atoms with Crippen molar-refractivity contribution in [3.05, 3.63) is 53.0 Å². The first-order valence-electron chi connectivity index (χ1n) is 10.4. The predicted molar refractivity (Wildman–Crippen MR) is 124 cm³/mol. The van der Waals surface area contributed by atoms with Crippen LogP contribution in [-0.4, -0.2) is 44.1 Å². The molecule has 1 atom stereocenters. The molecule has 0 aliphatic carbocycles. The van der Waals surface area contributed by atoms with Crippen molar-refractivity contribution in [1.82, 2.24) is 5.32 Å². The van der Waals surface area contributed by atoms with Gasteiger partial charge in [0.1, 0.15) is 17.6 Å². The second kappa shape index (κ2) is 11.3. The van der Waals surface area contributed by atoms with E-state index in [9.17, 15) is 9.59 Å². The predicted octanol–water partition coefficient (Wildman–Crippen LogP) is 4.59. The van der Waals surface area contributed by atoms with E-state index >= 15 is 0 Å². The molecule has 170 valence electrons. The molecular formula is C24H33NO5S. The summed E-state index contributed by atoms with van der Waals surface area (Å²) in [7, 11) is 2.96. The number of ether oxygens (including phenoxy) is 2. The average Bonchev–Trinajstić information content (AvgIpc) is 3.24. The van der Waals surface area contributed by atoms with Gasteiger partial charge in [0.25, 0.3) is 5.91 Å². The van der Waals surface area contributed by atoms with Crippen LogP contribution >= 0.6 is 11.8 Å². The number of furan rings is 1. The Labute approximate surface area is 189 Å². The van der Waals surface area contributed by atoms with Gasteiger partial charge in [0.15, 0.2) is 5.76 Å². The van der Waals surface area contributed by atoms with Crippen LogP contribution in [0.2, 0.25) is 0 Å². The van der Waals surface area contributed by atoms with Gasteiger partial charge in [-0.15, -0.1) is 0 Å². The molecule has 6 nitrogen and oxygen atoms in total. The lowest BCUT2D eigenvalue weighted by Crippen LogP contribution is -2.41. The molecule has 0 aliphatic heterocycles. The number of carbonyl (C=O) groups is 2. The summed E-state index contributed by atoms with van der Waals surface area (Å²) in [6.45, 7) is 6.59. The van der Waals surface area contributed by atoms with E-state index in [2.05, 4.69) is 38.2 Å². The standard InChI is InChI=1S/C24H33NO5S/c1-7-24(2,3)17-8-10-20(28-4)16(14-17)15-18-9-11-21(30-18)22(26)25-19(12-13-31-6)23(27)29-5/h8-11,14,19H,7,12-13,15H2,1-6H3,(H,25,26). The van der Waals surface area contributed by atoms with Gasteiger partial charge in [-0.05, 0) is 54.0 Å². The van der Waals surface area contributed by atoms with Crippen LogP contribution < -0.4 is 10.1 Å². The van der Waals surface area contributed by atoms with Crippen molar-refractivity contribution in [1.29, 1.82) is 0 Å². The summed E-state index contributed by atoms with van der Waals surface area (Å²) in [5.41, 5.74) is 2.27.